The minimum atomic E-state index is -4.28. The molecule has 1 heterocycles. The topological polar surface area (TPSA) is 62.2 Å². The van der Waals surface area contributed by atoms with Crippen molar-refractivity contribution in [2.24, 2.45) is 0 Å². The first-order chi connectivity index (χ1) is 8.32. The Balaban J connectivity index is 1.97. The van der Waals surface area contributed by atoms with Crippen molar-refractivity contribution in [2.75, 3.05) is 5.32 Å². The van der Waals surface area contributed by atoms with Crippen molar-refractivity contribution in [3.8, 4) is 0 Å². The molecule has 1 fully saturated rings. The summed E-state index contributed by atoms with van der Waals surface area (Å²) in [5.41, 5.74) is -1.32. The van der Waals surface area contributed by atoms with Crippen LogP contribution in [0.1, 0.15) is 25.0 Å². The van der Waals surface area contributed by atoms with Gasteiger partial charge in [0.15, 0.2) is 5.13 Å². The summed E-state index contributed by atoms with van der Waals surface area (Å²) in [6.45, 7) is 0. The van der Waals surface area contributed by atoms with Crippen LogP contribution < -0.4 is 5.32 Å². The van der Waals surface area contributed by atoms with Gasteiger partial charge in [-0.25, -0.2) is 4.98 Å². The van der Waals surface area contributed by atoms with Crippen LogP contribution in [-0.2, 0) is 11.2 Å². The van der Waals surface area contributed by atoms with E-state index >= 15 is 0 Å². The smallest absolute Gasteiger partial charge is 0.411 e. The first kappa shape index (κ1) is 13.1. The van der Waals surface area contributed by atoms with Gasteiger partial charge in [-0.05, 0) is 12.8 Å². The Morgan fingerprint density at radius 2 is 2.22 bits per heavy atom. The van der Waals surface area contributed by atoms with Crippen LogP contribution in [0.5, 0.6) is 0 Å². The van der Waals surface area contributed by atoms with Crippen LogP contribution >= 0.6 is 11.3 Å². The average Bonchev–Trinajstić information content (AvgIpc) is 2.88. The van der Waals surface area contributed by atoms with Gasteiger partial charge in [-0.2, -0.15) is 13.2 Å². The van der Waals surface area contributed by atoms with E-state index in [0.717, 1.165) is 11.3 Å². The van der Waals surface area contributed by atoms with E-state index in [0.29, 0.717) is 5.69 Å². The molecule has 1 aromatic heterocycles. The molecule has 0 saturated heterocycles. The zero-order valence-electron chi connectivity index (χ0n) is 9.25. The van der Waals surface area contributed by atoms with E-state index < -0.39 is 17.7 Å². The summed E-state index contributed by atoms with van der Waals surface area (Å²) in [7, 11) is 0. The number of carboxylic acid groups (broad SMARTS) is 1. The van der Waals surface area contributed by atoms with Crippen LogP contribution in [0, 0.1) is 0 Å². The molecule has 0 aromatic carbocycles. The van der Waals surface area contributed by atoms with Gasteiger partial charge in [0.2, 0.25) is 0 Å². The predicted molar refractivity (Wildman–Crippen MR) is 59.7 cm³/mol. The highest BCUT2D eigenvalue weighted by atomic mass is 32.1. The molecule has 18 heavy (non-hydrogen) atoms. The van der Waals surface area contributed by atoms with E-state index in [1.54, 1.807) is 5.38 Å². The van der Waals surface area contributed by atoms with Crippen molar-refractivity contribution in [1.29, 1.82) is 0 Å². The van der Waals surface area contributed by atoms with Crippen LogP contribution in [0.3, 0.4) is 0 Å². The van der Waals surface area contributed by atoms with Crippen molar-refractivity contribution in [1.82, 2.24) is 4.98 Å². The van der Waals surface area contributed by atoms with Gasteiger partial charge in [0.1, 0.15) is 5.54 Å². The molecule has 0 bridgehead atoms. The fourth-order valence-electron chi connectivity index (χ4n) is 1.52. The number of hydrogen-bond acceptors (Lipinski definition) is 4. The molecule has 1 aromatic rings. The Bertz CT molecular complexity index is 454. The van der Waals surface area contributed by atoms with E-state index in [2.05, 4.69) is 10.3 Å². The third-order valence-electron chi connectivity index (χ3n) is 2.79. The number of alkyl halides is 3. The fourth-order valence-corrected chi connectivity index (χ4v) is 2.37. The lowest BCUT2D eigenvalue weighted by molar-refractivity contribution is -0.151. The molecule has 4 nitrogen and oxygen atoms in total. The second kappa shape index (κ2) is 4.42. The summed E-state index contributed by atoms with van der Waals surface area (Å²) in [4.78, 5) is 14.3. The number of rotatable bonds is 5. The standard InChI is InChI=1S/C10H11F3N2O2S/c11-10(12,13)9(3-4-9)15-8-14-6(5-18-8)1-2-7(16)17/h5H,1-4H2,(H,14,15)(H,16,17). The number of nitrogens with one attached hydrogen (secondary N) is 1. The number of nitrogens with zero attached hydrogens (tertiary/aromatic N) is 1. The molecule has 1 saturated carbocycles. The van der Waals surface area contributed by atoms with E-state index in [9.17, 15) is 18.0 Å². The normalized spacial score (nSPS) is 17.5. The number of aryl methyl sites for hydroxylation is 1. The summed E-state index contributed by atoms with van der Waals surface area (Å²) in [5, 5.41) is 12.7. The van der Waals surface area contributed by atoms with Gasteiger partial charge in [0.05, 0.1) is 12.1 Å². The second-order valence-electron chi connectivity index (χ2n) is 4.24. The second-order valence-corrected chi connectivity index (χ2v) is 5.10. The lowest BCUT2D eigenvalue weighted by atomic mass is 10.2. The number of carboxylic acids is 1. The molecule has 2 rings (SSSR count). The van der Waals surface area contributed by atoms with E-state index in [1.165, 1.54) is 0 Å². The third kappa shape index (κ3) is 2.74. The molecule has 0 spiro atoms. The molecule has 0 amide bonds. The average molecular weight is 280 g/mol. The highest BCUT2D eigenvalue weighted by Gasteiger charge is 2.63. The third-order valence-corrected chi connectivity index (χ3v) is 3.59. The largest absolute Gasteiger partial charge is 0.481 e. The van der Waals surface area contributed by atoms with Crippen molar-refractivity contribution < 1.29 is 23.1 Å². The summed E-state index contributed by atoms with van der Waals surface area (Å²) in [6.07, 6.45) is -4.01. The molecule has 0 aliphatic heterocycles. The van der Waals surface area contributed by atoms with Crippen LogP contribution in [0.15, 0.2) is 5.38 Å². The summed E-state index contributed by atoms with van der Waals surface area (Å²) < 4.78 is 38.0. The van der Waals surface area contributed by atoms with Gasteiger partial charge < -0.3 is 10.4 Å². The Morgan fingerprint density at radius 1 is 1.56 bits per heavy atom. The first-order valence-corrected chi connectivity index (χ1v) is 6.21. The number of halogens is 3. The van der Waals surface area contributed by atoms with E-state index in [4.69, 9.17) is 5.11 Å². The maximum Gasteiger partial charge on any atom is 0.411 e. The van der Waals surface area contributed by atoms with Gasteiger partial charge in [0, 0.05) is 11.8 Å². The maximum atomic E-state index is 12.7. The van der Waals surface area contributed by atoms with Crippen LogP contribution in [0.25, 0.3) is 0 Å². The van der Waals surface area contributed by atoms with Gasteiger partial charge >= 0.3 is 12.1 Å². The number of aliphatic carboxylic acids is 1. The Labute approximate surface area is 105 Å². The summed E-state index contributed by atoms with van der Waals surface area (Å²) in [5.74, 6) is -0.952. The maximum absolute atomic E-state index is 12.7. The van der Waals surface area contributed by atoms with Crippen molar-refractivity contribution in [3.05, 3.63) is 11.1 Å². The van der Waals surface area contributed by atoms with Crippen molar-refractivity contribution >= 4 is 22.4 Å². The molecule has 8 heteroatoms. The zero-order valence-corrected chi connectivity index (χ0v) is 10.1. The summed E-state index contributed by atoms with van der Waals surface area (Å²) >= 11 is 1.07. The van der Waals surface area contributed by atoms with Crippen LogP contribution in [0.4, 0.5) is 18.3 Å². The minimum absolute atomic E-state index is 0.0561. The molecule has 1 aliphatic carbocycles. The number of hydrogen-bond donors (Lipinski definition) is 2. The van der Waals surface area contributed by atoms with Crippen LogP contribution in [-0.4, -0.2) is 27.8 Å². The number of thiazole rings is 1. The number of aromatic nitrogens is 1. The summed E-state index contributed by atoms with van der Waals surface area (Å²) in [6, 6.07) is 0. The number of anilines is 1. The molecular formula is C10H11F3N2O2S. The van der Waals surface area contributed by atoms with Gasteiger partial charge in [-0.3, -0.25) is 4.79 Å². The highest BCUT2D eigenvalue weighted by Crippen LogP contribution is 2.51. The SMILES string of the molecule is O=C(O)CCc1csc(NC2(C(F)(F)F)CC2)n1. The Kier molecular flexibility index (Phi) is 3.22. The van der Waals surface area contributed by atoms with Crippen molar-refractivity contribution in [3.63, 3.8) is 0 Å². The van der Waals surface area contributed by atoms with Gasteiger partial charge in [-0.1, -0.05) is 0 Å². The quantitative estimate of drug-likeness (QED) is 0.870. The first-order valence-electron chi connectivity index (χ1n) is 5.33. The van der Waals surface area contributed by atoms with E-state index in [1.807, 2.05) is 0 Å². The fraction of sp³-hybridized carbons (Fsp3) is 0.600. The zero-order chi connectivity index (χ0) is 13.4. The Hall–Kier alpha value is -1.31. The molecule has 100 valence electrons. The molecule has 0 radical (unpaired) electrons. The number of carbonyl (C=O) groups is 1. The lowest BCUT2D eigenvalue weighted by Gasteiger charge is -2.19. The predicted octanol–water partition coefficient (Wildman–Crippen LogP) is 2.67. The molecule has 0 unspecified atom stereocenters. The lowest BCUT2D eigenvalue weighted by Crippen LogP contribution is -2.38. The van der Waals surface area contributed by atoms with Gasteiger partial charge in [-0.15, -0.1) is 11.3 Å². The molecule has 2 N–H and O–H groups in total. The molecule has 1 aliphatic rings. The highest BCUT2D eigenvalue weighted by molar-refractivity contribution is 7.13. The molecule has 0 atom stereocenters. The monoisotopic (exact) mass is 280 g/mol. The Morgan fingerprint density at radius 3 is 2.72 bits per heavy atom. The minimum Gasteiger partial charge on any atom is -0.481 e. The van der Waals surface area contributed by atoms with Crippen LogP contribution in [0.2, 0.25) is 0 Å². The van der Waals surface area contributed by atoms with Crippen molar-refractivity contribution in [2.45, 2.75) is 37.4 Å². The van der Waals surface area contributed by atoms with Gasteiger partial charge in [0.25, 0.3) is 0 Å². The van der Waals surface area contributed by atoms with E-state index in [-0.39, 0.29) is 30.8 Å². The molecular weight excluding hydrogens is 269 g/mol.